The average Bonchev–Trinajstić information content (AvgIpc) is 2.15. The molecular weight excluding hydrogens is 164 g/mol. The second-order valence-electron chi connectivity index (χ2n) is 2.49. The maximum absolute atomic E-state index is 5.22. The van der Waals surface area contributed by atoms with E-state index >= 15 is 0 Å². The molecule has 0 amide bonds. The van der Waals surface area contributed by atoms with Gasteiger partial charge in [-0.3, -0.25) is 4.98 Å². The molecule has 13 heavy (non-hydrogen) atoms. The Morgan fingerprint density at radius 3 is 2.77 bits per heavy atom. The van der Waals surface area contributed by atoms with Crippen LogP contribution < -0.4 is 4.74 Å². The highest BCUT2D eigenvalue weighted by Gasteiger charge is 1.92. The minimum atomic E-state index is 0.381. The predicted molar refractivity (Wildman–Crippen MR) is 50.3 cm³/mol. The number of hydrogen-bond acceptors (Lipinski definition) is 3. The number of hydrogen-bond donors (Lipinski definition) is 0. The fourth-order valence-corrected chi connectivity index (χ4v) is 0.741. The molecule has 0 aliphatic heterocycles. The van der Waals surface area contributed by atoms with Crippen molar-refractivity contribution >= 4 is 0 Å². The predicted octanol–water partition coefficient (Wildman–Crippen LogP) is 1.58. The molecule has 0 aliphatic rings. The SMILES string of the molecule is CCC#CCOc1cnc(C)cn1. The molecule has 1 rings (SSSR count). The summed E-state index contributed by atoms with van der Waals surface area (Å²) in [4.78, 5) is 8.07. The summed E-state index contributed by atoms with van der Waals surface area (Å²) in [5, 5.41) is 0. The molecule has 1 heterocycles. The highest BCUT2D eigenvalue weighted by atomic mass is 16.5. The first-order chi connectivity index (χ1) is 6.33. The standard InChI is InChI=1S/C10H12N2O/c1-3-4-5-6-13-10-8-11-9(2)7-12-10/h7-8H,3,6H2,1-2H3. The van der Waals surface area contributed by atoms with Crippen LogP contribution in [0.4, 0.5) is 0 Å². The van der Waals surface area contributed by atoms with E-state index < -0.39 is 0 Å². The zero-order chi connectivity index (χ0) is 9.52. The normalized spacial score (nSPS) is 8.77. The number of aryl methyl sites for hydroxylation is 1. The number of nitrogens with zero attached hydrogens (tertiary/aromatic N) is 2. The zero-order valence-corrected chi connectivity index (χ0v) is 7.87. The Kier molecular flexibility index (Phi) is 3.77. The molecule has 0 radical (unpaired) electrons. The molecule has 1 aromatic rings. The largest absolute Gasteiger partial charge is 0.463 e. The van der Waals surface area contributed by atoms with Crippen molar-refractivity contribution in [2.75, 3.05) is 6.61 Å². The van der Waals surface area contributed by atoms with Gasteiger partial charge in [0.25, 0.3) is 0 Å². The summed E-state index contributed by atoms with van der Waals surface area (Å²) in [6.07, 6.45) is 4.12. The molecule has 3 heteroatoms. The Balaban J connectivity index is 2.41. The zero-order valence-electron chi connectivity index (χ0n) is 7.87. The van der Waals surface area contributed by atoms with Crippen LogP contribution in [0, 0.1) is 18.8 Å². The van der Waals surface area contributed by atoms with Gasteiger partial charge in [-0.05, 0) is 6.92 Å². The maximum Gasteiger partial charge on any atom is 0.233 e. The van der Waals surface area contributed by atoms with Gasteiger partial charge in [0, 0.05) is 6.42 Å². The molecule has 0 atom stereocenters. The average molecular weight is 176 g/mol. The fourth-order valence-electron chi connectivity index (χ4n) is 0.741. The Hall–Kier alpha value is -1.56. The minimum Gasteiger partial charge on any atom is -0.463 e. The molecule has 0 aromatic carbocycles. The number of ether oxygens (including phenoxy) is 1. The second kappa shape index (κ2) is 5.15. The molecular formula is C10H12N2O. The van der Waals surface area contributed by atoms with E-state index in [0.717, 1.165) is 12.1 Å². The Morgan fingerprint density at radius 1 is 1.31 bits per heavy atom. The molecule has 0 aliphatic carbocycles. The van der Waals surface area contributed by atoms with Crippen molar-refractivity contribution in [1.29, 1.82) is 0 Å². The molecule has 3 nitrogen and oxygen atoms in total. The van der Waals surface area contributed by atoms with E-state index in [1.165, 1.54) is 0 Å². The third kappa shape index (κ3) is 3.57. The van der Waals surface area contributed by atoms with E-state index in [2.05, 4.69) is 21.8 Å². The third-order valence-corrected chi connectivity index (χ3v) is 1.35. The van der Waals surface area contributed by atoms with Crippen LogP contribution in [0.25, 0.3) is 0 Å². The first-order valence-corrected chi connectivity index (χ1v) is 4.20. The lowest BCUT2D eigenvalue weighted by atomic mass is 10.5. The van der Waals surface area contributed by atoms with Crippen LogP contribution in [0.2, 0.25) is 0 Å². The molecule has 0 N–H and O–H groups in total. The van der Waals surface area contributed by atoms with Gasteiger partial charge in [-0.15, -0.1) is 5.92 Å². The Bertz CT molecular complexity index is 308. The number of rotatable bonds is 2. The van der Waals surface area contributed by atoms with Gasteiger partial charge in [-0.2, -0.15) is 0 Å². The third-order valence-electron chi connectivity index (χ3n) is 1.35. The Morgan fingerprint density at radius 2 is 2.15 bits per heavy atom. The quantitative estimate of drug-likeness (QED) is 0.642. The van der Waals surface area contributed by atoms with Crippen molar-refractivity contribution in [2.45, 2.75) is 20.3 Å². The van der Waals surface area contributed by atoms with E-state index in [1.54, 1.807) is 12.4 Å². The molecule has 0 bridgehead atoms. The van der Waals surface area contributed by atoms with Gasteiger partial charge >= 0.3 is 0 Å². The minimum absolute atomic E-state index is 0.381. The van der Waals surface area contributed by atoms with Gasteiger partial charge in [-0.1, -0.05) is 12.8 Å². The van der Waals surface area contributed by atoms with Crippen molar-refractivity contribution in [3.63, 3.8) is 0 Å². The summed E-state index contributed by atoms with van der Waals surface area (Å²) in [5.74, 6) is 6.29. The van der Waals surface area contributed by atoms with Crippen LogP contribution >= 0.6 is 0 Å². The highest BCUT2D eigenvalue weighted by molar-refractivity contribution is 5.08. The summed E-state index contributed by atoms with van der Waals surface area (Å²) in [7, 11) is 0. The van der Waals surface area contributed by atoms with Crippen LogP contribution in [0.1, 0.15) is 19.0 Å². The fraction of sp³-hybridized carbons (Fsp3) is 0.400. The molecule has 0 saturated heterocycles. The smallest absolute Gasteiger partial charge is 0.233 e. The van der Waals surface area contributed by atoms with E-state index in [4.69, 9.17) is 4.74 Å². The molecule has 0 saturated carbocycles. The maximum atomic E-state index is 5.22. The summed E-state index contributed by atoms with van der Waals surface area (Å²) >= 11 is 0. The molecule has 0 fully saturated rings. The van der Waals surface area contributed by atoms with E-state index in [9.17, 15) is 0 Å². The lowest BCUT2D eigenvalue weighted by Gasteiger charge is -1.98. The molecule has 0 spiro atoms. The van der Waals surface area contributed by atoms with Crippen molar-refractivity contribution in [2.24, 2.45) is 0 Å². The lowest BCUT2D eigenvalue weighted by molar-refractivity contribution is 0.353. The van der Waals surface area contributed by atoms with Gasteiger partial charge in [0.2, 0.25) is 5.88 Å². The summed E-state index contributed by atoms with van der Waals surface area (Å²) in [5.41, 5.74) is 0.881. The summed E-state index contributed by atoms with van der Waals surface area (Å²) in [6, 6.07) is 0. The van der Waals surface area contributed by atoms with Crippen molar-refractivity contribution in [3.05, 3.63) is 18.1 Å². The van der Waals surface area contributed by atoms with Crippen LogP contribution in [0.5, 0.6) is 5.88 Å². The number of aromatic nitrogens is 2. The van der Waals surface area contributed by atoms with Crippen LogP contribution in [0.3, 0.4) is 0 Å². The molecule has 0 unspecified atom stereocenters. The van der Waals surface area contributed by atoms with Gasteiger partial charge in [0.15, 0.2) is 6.61 Å². The van der Waals surface area contributed by atoms with Gasteiger partial charge < -0.3 is 4.74 Å². The van der Waals surface area contributed by atoms with Crippen molar-refractivity contribution in [1.82, 2.24) is 9.97 Å². The van der Waals surface area contributed by atoms with E-state index in [1.807, 2.05) is 13.8 Å². The van der Waals surface area contributed by atoms with E-state index in [0.29, 0.717) is 12.5 Å². The summed E-state index contributed by atoms with van der Waals surface area (Å²) < 4.78 is 5.22. The van der Waals surface area contributed by atoms with Gasteiger partial charge in [0.1, 0.15) is 0 Å². The molecule has 1 aromatic heterocycles. The second-order valence-corrected chi connectivity index (χ2v) is 2.49. The lowest BCUT2D eigenvalue weighted by Crippen LogP contribution is -1.97. The van der Waals surface area contributed by atoms with Gasteiger partial charge in [-0.25, -0.2) is 4.98 Å². The van der Waals surface area contributed by atoms with Crippen LogP contribution in [0.15, 0.2) is 12.4 Å². The first-order valence-electron chi connectivity index (χ1n) is 4.20. The van der Waals surface area contributed by atoms with E-state index in [-0.39, 0.29) is 0 Å². The topological polar surface area (TPSA) is 35.0 Å². The summed E-state index contributed by atoms with van der Waals surface area (Å²) in [6.45, 7) is 4.26. The van der Waals surface area contributed by atoms with Gasteiger partial charge in [0.05, 0.1) is 18.1 Å². The van der Waals surface area contributed by atoms with Crippen molar-refractivity contribution < 1.29 is 4.74 Å². The van der Waals surface area contributed by atoms with Crippen molar-refractivity contribution in [3.8, 4) is 17.7 Å². The van der Waals surface area contributed by atoms with Crippen LogP contribution in [-0.2, 0) is 0 Å². The first kappa shape index (κ1) is 9.53. The van der Waals surface area contributed by atoms with Crippen LogP contribution in [-0.4, -0.2) is 16.6 Å². The molecule has 68 valence electrons. The highest BCUT2D eigenvalue weighted by Crippen LogP contribution is 2.01. The monoisotopic (exact) mass is 176 g/mol. The Labute approximate surface area is 78.2 Å².